The number of nitriles is 1. The van der Waals surface area contributed by atoms with Crippen molar-refractivity contribution in [1.29, 1.82) is 5.26 Å². The zero-order valence-electron chi connectivity index (χ0n) is 10.2. The van der Waals surface area contributed by atoms with E-state index in [1.807, 2.05) is 6.07 Å². The second-order valence-corrected chi connectivity index (χ2v) is 3.97. The van der Waals surface area contributed by atoms with E-state index >= 15 is 0 Å². The Kier molecular flexibility index (Phi) is 3.62. The van der Waals surface area contributed by atoms with E-state index in [-0.39, 0.29) is 11.4 Å². The van der Waals surface area contributed by atoms with Crippen LogP contribution >= 0.6 is 0 Å². The van der Waals surface area contributed by atoms with Crippen molar-refractivity contribution in [3.63, 3.8) is 0 Å². The molecule has 0 radical (unpaired) electrons. The number of nitrogen functional groups attached to an aromatic ring is 1. The maximum atomic E-state index is 13.7. The standard InChI is InChI=1S/C14H9F2N3O/c15-10-4-5-11(18)13(16)12(10)14(20)19-9-3-1-2-8(6-9)7-17/h1-6H,18H2,(H,19,20). The summed E-state index contributed by atoms with van der Waals surface area (Å²) >= 11 is 0. The number of halogens is 2. The first kappa shape index (κ1) is 13.5. The number of nitrogens with two attached hydrogens (primary N) is 1. The van der Waals surface area contributed by atoms with Gasteiger partial charge in [0.2, 0.25) is 0 Å². The zero-order valence-corrected chi connectivity index (χ0v) is 10.2. The second kappa shape index (κ2) is 5.36. The number of nitrogens with zero attached hydrogens (tertiary/aromatic N) is 1. The van der Waals surface area contributed by atoms with E-state index in [9.17, 15) is 13.6 Å². The van der Waals surface area contributed by atoms with Crippen LogP contribution in [0, 0.1) is 23.0 Å². The summed E-state index contributed by atoms with van der Waals surface area (Å²) in [6.45, 7) is 0. The fraction of sp³-hybridized carbons (Fsp3) is 0. The molecule has 2 aromatic carbocycles. The van der Waals surface area contributed by atoms with Crippen molar-refractivity contribution in [2.75, 3.05) is 11.1 Å². The lowest BCUT2D eigenvalue weighted by Gasteiger charge is -2.08. The Labute approximate surface area is 113 Å². The van der Waals surface area contributed by atoms with E-state index in [1.54, 1.807) is 6.07 Å². The average molecular weight is 273 g/mol. The van der Waals surface area contributed by atoms with Crippen molar-refractivity contribution in [2.45, 2.75) is 0 Å². The number of carbonyl (C=O) groups is 1. The van der Waals surface area contributed by atoms with E-state index in [2.05, 4.69) is 5.32 Å². The third kappa shape index (κ3) is 2.57. The second-order valence-electron chi connectivity index (χ2n) is 3.97. The van der Waals surface area contributed by atoms with Gasteiger partial charge in [0.15, 0.2) is 5.82 Å². The summed E-state index contributed by atoms with van der Waals surface area (Å²) in [6, 6.07) is 9.82. The van der Waals surface area contributed by atoms with Crippen LogP contribution in [0.15, 0.2) is 36.4 Å². The molecule has 0 unspecified atom stereocenters. The van der Waals surface area contributed by atoms with E-state index in [1.165, 1.54) is 18.2 Å². The van der Waals surface area contributed by atoms with Gasteiger partial charge in [0, 0.05) is 5.69 Å². The Morgan fingerprint density at radius 1 is 1.25 bits per heavy atom. The summed E-state index contributed by atoms with van der Waals surface area (Å²) in [6.07, 6.45) is 0. The number of hydrogen-bond donors (Lipinski definition) is 2. The highest BCUT2D eigenvalue weighted by molar-refractivity contribution is 6.05. The molecule has 0 saturated carbocycles. The Morgan fingerprint density at radius 3 is 2.70 bits per heavy atom. The van der Waals surface area contributed by atoms with Gasteiger partial charge in [0.25, 0.3) is 5.91 Å². The molecular weight excluding hydrogens is 264 g/mol. The molecule has 1 amide bonds. The first-order valence-corrected chi connectivity index (χ1v) is 5.58. The van der Waals surface area contributed by atoms with Crippen LogP contribution in [0.2, 0.25) is 0 Å². The van der Waals surface area contributed by atoms with Crippen molar-refractivity contribution in [3.05, 3.63) is 59.2 Å². The Morgan fingerprint density at radius 2 is 2.00 bits per heavy atom. The molecule has 0 saturated heterocycles. The number of nitrogens with one attached hydrogen (secondary N) is 1. The molecular formula is C14H9F2N3O. The molecule has 0 aliphatic carbocycles. The number of hydrogen-bond acceptors (Lipinski definition) is 3. The normalized spacial score (nSPS) is 9.85. The van der Waals surface area contributed by atoms with Gasteiger partial charge in [-0.25, -0.2) is 8.78 Å². The molecule has 0 aromatic heterocycles. The SMILES string of the molecule is N#Cc1cccc(NC(=O)c2c(F)ccc(N)c2F)c1. The van der Waals surface area contributed by atoms with Gasteiger partial charge in [-0.1, -0.05) is 6.07 Å². The lowest BCUT2D eigenvalue weighted by Crippen LogP contribution is -2.16. The van der Waals surface area contributed by atoms with E-state index in [0.29, 0.717) is 5.56 Å². The monoisotopic (exact) mass is 273 g/mol. The maximum absolute atomic E-state index is 13.7. The molecule has 0 bridgehead atoms. The quantitative estimate of drug-likeness (QED) is 0.825. The number of carbonyl (C=O) groups excluding carboxylic acids is 1. The average Bonchev–Trinajstić information content (AvgIpc) is 2.43. The Balaban J connectivity index is 2.34. The molecule has 0 aliphatic rings. The number of rotatable bonds is 2. The van der Waals surface area contributed by atoms with Crippen molar-refractivity contribution >= 4 is 17.3 Å². The summed E-state index contributed by atoms with van der Waals surface area (Å²) in [7, 11) is 0. The van der Waals surface area contributed by atoms with E-state index in [4.69, 9.17) is 11.0 Å². The third-order valence-corrected chi connectivity index (χ3v) is 2.60. The van der Waals surface area contributed by atoms with Gasteiger partial charge in [-0.3, -0.25) is 4.79 Å². The van der Waals surface area contributed by atoms with Crippen molar-refractivity contribution in [1.82, 2.24) is 0 Å². The molecule has 0 aliphatic heterocycles. The molecule has 0 atom stereocenters. The summed E-state index contributed by atoms with van der Waals surface area (Å²) in [4.78, 5) is 11.9. The van der Waals surface area contributed by atoms with Crippen molar-refractivity contribution < 1.29 is 13.6 Å². The smallest absolute Gasteiger partial charge is 0.261 e. The minimum absolute atomic E-state index is 0.260. The minimum Gasteiger partial charge on any atom is -0.396 e. The van der Waals surface area contributed by atoms with Crippen LogP contribution < -0.4 is 11.1 Å². The predicted molar refractivity (Wildman–Crippen MR) is 69.9 cm³/mol. The molecule has 100 valence electrons. The fourth-order valence-electron chi connectivity index (χ4n) is 1.64. The first-order valence-electron chi connectivity index (χ1n) is 5.58. The largest absolute Gasteiger partial charge is 0.396 e. The first-order chi connectivity index (χ1) is 9.52. The molecule has 2 rings (SSSR count). The number of benzene rings is 2. The van der Waals surface area contributed by atoms with Crippen LogP contribution in [0.25, 0.3) is 0 Å². The van der Waals surface area contributed by atoms with Gasteiger partial charge in [-0.15, -0.1) is 0 Å². The topological polar surface area (TPSA) is 78.9 Å². The predicted octanol–water partition coefficient (Wildman–Crippen LogP) is 2.67. The highest BCUT2D eigenvalue weighted by Gasteiger charge is 2.19. The molecule has 0 fully saturated rings. The lowest BCUT2D eigenvalue weighted by molar-refractivity contribution is 0.101. The Hall–Kier alpha value is -2.94. The summed E-state index contributed by atoms with van der Waals surface area (Å²) in [5.41, 5.74) is 4.80. The molecule has 20 heavy (non-hydrogen) atoms. The van der Waals surface area contributed by atoms with Crippen LogP contribution in [0.5, 0.6) is 0 Å². The Bertz CT molecular complexity index is 723. The molecule has 4 nitrogen and oxygen atoms in total. The van der Waals surface area contributed by atoms with Crippen LogP contribution in [-0.4, -0.2) is 5.91 Å². The van der Waals surface area contributed by atoms with Gasteiger partial charge in [-0.2, -0.15) is 5.26 Å². The molecule has 2 aromatic rings. The van der Waals surface area contributed by atoms with Gasteiger partial charge in [0.05, 0.1) is 17.3 Å². The fourth-order valence-corrected chi connectivity index (χ4v) is 1.64. The maximum Gasteiger partial charge on any atom is 0.261 e. The van der Waals surface area contributed by atoms with E-state index in [0.717, 1.165) is 12.1 Å². The van der Waals surface area contributed by atoms with Gasteiger partial charge < -0.3 is 11.1 Å². The van der Waals surface area contributed by atoms with Crippen LogP contribution in [0.1, 0.15) is 15.9 Å². The highest BCUT2D eigenvalue weighted by atomic mass is 19.1. The molecule has 0 heterocycles. The van der Waals surface area contributed by atoms with Crippen molar-refractivity contribution in [2.24, 2.45) is 0 Å². The molecule has 0 spiro atoms. The van der Waals surface area contributed by atoms with Crippen LogP contribution in [-0.2, 0) is 0 Å². The lowest BCUT2D eigenvalue weighted by atomic mass is 10.1. The van der Waals surface area contributed by atoms with Gasteiger partial charge in [-0.05, 0) is 30.3 Å². The minimum atomic E-state index is -1.11. The highest BCUT2D eigenvalue weighted by Crippen LogP contribution is 2.20. The van der Waals surface area contributed by atoms with Gasteiger partial charge >= 0.3 is 0 Å². The van der Waals surface area contributed by atoms with Crippen LogP contribution in [0.4, 0.5) is 20.2 Å². The van der Waals surface area contributed by atoms with Gasteiger partial charge in [0.1, 0.15) is 11.4 Å². The molecule has 3 N–H and O–H groups in total. The third-order valence-electron chi connectivity index (χ3n) is 2.60. The zero-order chi connectivity index (χ0) is 14.7. The molecule has 6 heteroatoms. The number of anilines is 2. The van der Waals surface area contributed by atoms with E-state index < -0.39 is 23.1 Å². The van der Waals surface area contributed by atoms with Crippen molar-refractivity contribution in [3.8, 4) is 6.07 Å². The summed E-state index contributed by atoms with van der Waals surface area (Å²) in [5.74, 6) is -3.09. The summed E-state index contributed by atoms with van der Waals surface area (Å²) in [5, 5.41) is 11.1. The van der Waals surface area contributed by atoms with Crippen LogP contribution in [0.3, 0.4) is 0 Å². The number of amides is 1. The summed E-state index contributed by atoms with van der Waals surface area (Å²) < 4.78 is 27.2.